The summed E-state index contributed by atoms with van der Waals surface area (Å²) in [5.41, 5.74) is 2.96. The molecule has 3 rings (SSSR count). The van der Waals surface area contributed by atoms with Crippen LogP contribution < -0.4 is 5.32 Å². The van der Waals surface area contributed by atoms with Crippen LogP contribution >= 0.6 is 0 Å². The molecular weight excluding hydrogens is 258 g/mol. The van der Waals surface area contributed by atoms with E-state index in [4.69, 9.17) is 0 Å². The van der Waals surface area contributed by atoms with Gasteiger partial charge in [-0.3, -0.25) is 4.90 Å². The third-order valence-corrected chi connectivity index (χ3v) is 4.80. The first kappa shape index (κ1) is 15.0. The van der Waals surface area contributed by atoms with Gasteiger partial charge in [0.1, 0.15) is 0 Å². The predicted molar refractivity (Wildman–Crippen MR) is 88.6 cm³/mol. The summed E-state index contributed by atoms with van der Waals surface area (Å²) in [5.74, 6) is 0. The van der Waals surface area contributed by atoms with Crippen molar-refractivity contribution in [3.05, 3.63) is 35.4 Å². The maximum Gasteiger partial charge on any atom is 0.0233 e. The van der Waals surface area contributed by atoms with Gasteiger partial charge in [-0.25, -0.2) is 0 Å². The summed E-state index contributed by atoms with van der Waals surface area (Å²) in [7, 11) is 0. The number of rotatable bonds is 5. The highest BCUT2D eigenvalue weighted by atomic mass is 15.2. The summed E-state index contributed by atoms with van der Waals surface area (Å²) in [4.78, 5) is 5.16. The summed E-state index contributed by atoms with van der Waals surface area (Å²) in [6, 6.07) is 9.34. The van der Waals surface area contributed by atoms with Crippen molar-refractivity contribution in [2.24, 2.45) is 0 Å². The van der Waals surface area contributed by atoms with Gasteiger partial charge >= 0.3 is 0 Å². The Hall–Kier alpha value is -0.900. The SMILES string of the molecule is c1cc(CN2CCCCC2)ccc1CCN1CCNCC1. The minimum Gasteiger partial charge on any atom is -0.314 e. The number of piperazine rings is 1. The molecular formula is C18H29N3. The van der Waals surface area contributed by atoms with Crippen LogP contribution in [0.3, 0.4) is 0 Å². The van der Waals surface area contributed by atoms with Crippen LogP contribution in [0.5, 0.6) is 0 Å². The zero-order valence-corrected chi connectivity index (χ0v) is 13.2. The molecule has 0 saturated carbocycles. The van der Waals surface area contributed by atoms with Gasteiger partial charge in [0.15, 0.2) is 0 Å². The lowest BCUT2D eigenvalue weighted by molar-refractivity contribution is 0.221. The molecule has 2 saturated heterocycles. The van der Waals surface area contributed by atoms with E-state index >= 15 is 0 Å². The molecule has 0 amide bonds. The number of hydrogen-bond acceptors (Lipinski definition) is 3. The zero-order chi connectivity index (χ0) is 14.3. The topological polar surface area (TPSA) is 18.5 Å². The van der Waals surface area contributed by atoms with Gasteiger partial charge in [-0.2, -0.15) is 0 Å². The van der Waals surface area contributed by atoms with Gasteiger partial charge in [0, 0.05) is 39.3 Å². The quantitative estimate of drug-likeness (QED) is 0.895. The molecule has 2 aliphatic rings. The first-order chi connectivity index (χ1) is 10.4. The highest BCUT2D eigenvalue weighted by molar-refractivity contribution is 5.22. The summed E-state index contributed by atoms with van der Waals surface area (Å²) < 4.78 is 0. The van der Waals surface area contributed by atoms with Gasteiger partial charge in [-0.1, -0.05) is 30.7 Å². The third kappa shape index (κ3) is 4.80. The molecule has 21 heavy (non-hydrogen) atoms. The molecule has 1 N–H and O–H groups in total. The Balaban J connectivity index is 1.44. The molecule has 3 heteroatoms. The number of hydrogen-bond donors (Lipinski definition) is 1. The van der Waals surface area contributed by atoms with Crippen LogP contribution in [0.25, 0.3) is 0 Å². The molecule has 3 nitrogen and oxygen atoms in total. The van der Waals surface area contributed by atoms with Crippen molar-refractivity contribution in [1.29, 1.82) is 0 Å². The lowest BCUT2D eigenvalue weighted by Crippen LogP contribution is -2.44. The van der Waals surface area contributed by atoms with Crippen molar-refractivity contribution in [3.63, 3.8) is 0 Å². The fourth-order valence-electron chi connectivity index (χ4n) is 3.41. The Bertz CT molecular complexity index is 403. The molecule has 0 bridgehead atoms. The number of benzene rings is 1. The number of nitrogens with one attached hydrogen (secondary N) is 1. The fourth-order valence-corrected chi connectivity index (χ4v) is 3.41. The van der Waals surface area contributed by atoms with Crippen LogP contribution in [-0.4, -0.2) is 55.6 Å². The smallest absolute Gasteiger partial charge is 0.0233 e. The van der Waals surface area contributed by atoms with Crippen LogP contribution in [0, 0.1) is 0 Å². The second-order valence-corrected chi connectivity index (χ2v) is 6.49. The summed E-state index contributed by atoms with van der Waals surface area (Å²) >= 11 is 0. The molecule has 1 aromatic rings. The van der Waals surface area contributed by atoms with E-state index in [1.165, 1.54) is 69.5 Å². The average molecular weight is 287 g/mol. The van der Waals surface area contributed by atoms with Crippen LogP contribution in [0.1, 0.15) is 30.4 Å². The molecule has 0 atom stereocenters. The molecule has 2 aliphatic heterocycles. The Morgan fingerprint density at radius 2 is 1.43 bits per heavy atom. The number of piperidine rings is 1. The van der Waals surface area contributed by atoms with Crippen molar-refractivity contribution in [3.8, 4) is 0 Å². The van der Waals surface area contributed by atoms with Gasteiger partial charge < -0.3 is 10.2 Å². The fraction of sp³-hybridized carbons (Fsp3) is 0.667. The maximum absolute atomic E-state index is 3.41. The monoisotopic (exact) mass is 287 g/mol. The molecule has 0 radical (unpaired) electrons. The van der Waals surface area contributed by atoms with E-state index in [0.29, 0.717) is 0 Å². The van der Waals surface area contributed by atoms with E-state index in [1.54, 1.807) is 0 Å². The van der Waals surface area contributed by atoms with Crippen molar-refractivity contribution >= 4 is 0 Å². The van der Waals surface area contributed by atoms with E-state index in [2.05, 4.69) is 39.4 Å². The van der Waals surface area contributed by atoms with Gasteiger partial charge in [-0.15, -0.1) is 0 Å². The lowest BCUT2D eigenvalue weighted by atomic mass is 10.1. The summed E-state index contributed by atoms with van der Waals surface area (Å²) in [5, 5.41) is 3.41. The zero-order valence-electron chi connectivity index (χ0n) is 13.2. The van der Waals surface area contributed by atoms with Crippen LogP contribution in [0.4, 0.5) is 0 Å². The van der Waals surface area contributed by atoms with Gasteiger partial charge in [-0.05, 0) is 43.5 Å². The highest BCUT2D eigenvalue weighted by Gasteiger charge is 2.11. The van der Waals surface area contributed by atoms with E-state index in [-0.39, 0.29) is 0 Å². The molecule has 2 fully saturated rings. The molecule has 0 aliphatic carbocycles. The second kappa shape index (κ2) is 7.92. The van der Waals surface area contributed by atoms with Crippen LogP contribution in [0.15, 0.2) is 24.3 Å². The minimum atomic E-state index is 1.14. The van der Waals surface area contributed by atoms with Gasteiger partial charge in [0.05, 0.1) is 0 Å². The van der Waals surface area contributed by atoms with Crippen molar-refractivity contribution in [1.82, 2.24) is 15.1 Å². The van der Waals surface area contributed by atoms with Crippen LogP contribution in [-0.2, 0) is 13.0 Å². The molecule has 2 heterocycles. The first-order valence-corrected chi connectivity index (χ1v) is 8.63. The Kier molecular flexibility index (Phi) is 5.67. The largest absolute Gasteiger partial charge is 0.314 e. The molecule has 0 aromatic heterocycles. The molecule has 0 unspecified atom stereocenters. The van der Waals surface area contributed by atoms with E-state index in [1.807, 2.05) is 0 Å². The maximum atomic E-state index is 3.41. The normalized spacial score (nSPS) is 21.5. The predicted octanol–water partition coefficient (Wildman–Crippen LogP) is 2.12. The second-order valence-electron chi connectivity index (χ2n) is 6.49. The Labute approximate surface area is 129 Å². The van der Waals surface area contributed by atoms with Crippen molar-refractivity contribution in [2.75, 3.05) is 45.8 Å². The third-order valence-electron chi connectivity index (χ3n) is 4.80. The minimum absolute atomic E-state index is 1.14. The Morgan fingerprint density at radius 3 is 2.14 bits per heavy atom. The summed E-state index contributed by atoms with van der Waals surface area (Å²) in [6.07, 6.45) is 5.36. The van der Waals surface area contributed by atoms with E-state index in [0.717, 1.165) is 19.6 Å². The van der Waals surface area contributed by atoms with E-state index < -0.39 is 0 Å². The molecule has 116 valence electrons. The van der Waals surface area contributed by atoms with Crippen molar-refractivity contribution in [2.45, 2.75) is 32.2 Å². The first-order valence-electron chi connectivity index (χ1n) is 8.63. The van der Waals surface area contributed by atoms with Crippen molar-refractivity contribution < 1.29 is 0 Å². The molecule has 0 spiro atoms. The van der Waals surface area contributed by atoms with Crippen LogP contribution in [0.2, 0.25) is 0 Å². The standard InChI is InChI=1S/C18H29N3/c1-2-11-21(12-3-1)16-18-6-4-17(5-7-18)8-13-20-14-9-19-10-15-20/h4-7,19H,1-3,8-16H2. The molecule has 1 aromatic carbocycles. The van der Waals surface area contributed by atoms with E-state index in [9.17, 15) is 0 Å². The van der Waals surface area contributed by atoms with Gasteiger partial charge in [0.2, 0.25) is 0 Å². The summed E-state index contributed by atoms with van der Waals surface area (Å²) in [6.45, 7) is 9.60. The van der Waals surface area contributed by atoms with Gasteiger partial charge in [0.25, 0.3) is 0 Å². The average Bonchev–Trinajstić information content (AvgIpc) is 2.56. The number of likely N-dealkylation sites (tertiary alicyclic amines) is 1. The Morgan fingerprint density at radius 1 is 0.762 bits per heavy atom. The number of nitrogens with zero attached hydrogens (tertiary/aromatic N) is 2. The highest BCUT2D eigenvalue weighted by Crippen LogP contribution is 2.14. The lowest BCUT2D eigenvalue weighted by Gasteiger charge is -2.27.